The zero-order valence-electron chi connectivity index (χ0n) is 6.87. The first-order valence-corrected chi connectivity index (χ1v) is 4.34. The number of hydrogen-bond donors (Lipinski definition) is 0. The zero-order valence-corrected chi connectivity index (χ0v) is 7.69. The molecule has 0 amide bonds. The minimum absolute atomic E-state index is 0.930. The molecule has 1 aliphatic rings. The van der Waals surface area contributed by atoms with Crippen LogP contribution in [0.5, 0.6) is 0 Å². The summed E-state index contributed by atoms with van der Waals surface area (Å²) in [7, 11) is 0. The Morgan fingerprint density at radius 3 is 3.08 bits per heavy atom. The molecule has 0 bridgehead atoms. The summed E-state index contributed by atoms with van der Waals surface area (Å²) < 4.78 is 0. The van der Waals surface area contributed by atoms with Crippen molar-refractivity contribution in [2.24, 2.45) is 4.99 Å². The Bertz CT molecular complexity index is 366. The maximum atomic E-state index is 5.08. The lowest BCUT2D eigenvalue weighted by atomic mass is 10.1. The lowest BCUT2D eigenvalue weighted by molar-refractivity contribution is 1.41. The minimum atomic E-state index is 0.930. The zero-order chi connectivity index (χ0) is 8.55. The van der Waals surface area contributed by atoms with E-state index in [2.05, 4.69) is 23.2 Å². The van der Waals surface area contributed by atoms with Gasteiger partial charge in [0.2, 0.25) is 0 Å². The predicted molar refractivity (Wildman–Crippen MR) is 55.7 cm³/mol. The summed E-state index contributed by atoms with van der Waals surface area (Å²) in [5.41, 5.74) is 3.49. The molecule has 1 aromatic rings. The maximum Gasteiger partial charge on any atom is 0.0667 e. The van der Waals surface area contributed by atoms with E-state index in [-0.39, 0.29) is 0 Å². The van der Waals surface area contributed by atoms with Crippen molar-refractivity contribution in [2.45, 2.75) is 13.3 Å². The quantitative estimate of drug-likeness (QED) is 0.472. The van der Waals surface area contributed by atoms with Crippen LogP contribution in [0.3, 0.4) is 0 Å². The molecule has 1 heterocycles. The SMILES string of the molecule is CC(=S)c1ccc2c(c1)N=CC2. The summed E-state index contributed by atoms with van der Waals surface area (Å²) in [5.74, 6) is 0. The van der Waals surface area contributed by atoms with E-state index in [1.165, 1.54) is 5.56 Å². The Hall–Kier alpha value is -1.02. The van der Waals surface area contributed by atoms with Gasteiger partial charge in [-0.2, -0.15) is 0 Å². The van der Waals surface area contributed by atoms with E-state index >= 15 is 0 Å². The number of benzene rings is 1. The fourth-order valence-electron chi connectivity index (χ4n) is 1.32. The van der Waals surface area contributed by atoms with Crippen LogP contribution in [0, 0.1) is 0 Å². The molecule has 12 heavy (non-hydrogen) atoms. The smallest absolute Gasteiger partial charge is 0.0667 e. The van der Waals surface area contributed by atoms with Crippen LogP contribution < -0.4 is 0 Å². The van der Waals surface area contributed by atoms with Crippen LogP contribution in [-0.2, 0) is 6.42 Å². The van der Waals surface area contributed by atoms with Gasteiger partial charge in [0, 0.05) is 17.5 Å². The maximum absolute atomic E-state index is 5.08. The van der Waals surface area contributed by atoms with Crippen LogP contribution in [-0.4, -0.2) is 11.1 Å². The largest absolute Gasteiger partial charge is 0.261 e. The molecule has 0 saturated carbocycles. The van der Waals surface area contributed by atoms with Gasteiger partial charge in [0.15, 0.2) is 0 Å². The van der Waals surface area contributed by atoms with Gasteiger partial charge in [-0.1, -0.05) is 24.4 Å². The molecule has 0 spiro atoms. The second-order valence-corrected chi connectivity index (χ2v) is 3.53. The molecule has 0 saturated heterocycles. The van der Waals surface area contributed by atoms with Gasteiger partial charge in [0.05, 0.1) is 5.69 Å². The topological polar surface area (TPSA) is 12.4 Å². The molecule has 1 aliphatic heterocycles. The Morgan fingerprint density at radius 2 is 2.33 bits per heavy atom. The first-order valence-electron chi connectivity index (χ1n) is 3.94. The third-order valence-electron chi connectivity index (χ3n) is 2.03. The molecular formula is C10H9NS. The van der Waals surface area contributed by atoms with Crippen molar-refractivity contribution in [3.05, 3.63) is 29.3 Å². The van der Waals surface area contributed by atoms with Gasteiger partial charge >= 0.3 is 0 Å². The first kappa shape index (κ1) is 7.62. The van der Waals surface area contributed by atoms with Crippen molar-refractivity contribution in [3.8, 4) is 0 Å². The minimum Gasteiger partial charge on any atom is -0.261 e. The van der Waals surface area contributed by atoms with Gasteiger partial charge in [-0.05, 0) is 24.1 Å². The van der Waals surface area contributed by atoms with E-state index in [0.29, 0.717) is 0 Å². The third kappa shape index (κ3) is 1.18. The van der Waals surface area contributed by atoms with Crippen molar-refractivity contribution >= 4 is 29.0 Å². The molecule has 60 valence electrons. The summed E-state index contributed by atoms with van der Waals surface area (Å²) >= 11 is 5.08. The second kappa shape index (κ2) is 2.79. The normalized spacial score (nSPS) is 13.1. The van der Waals surface area contributed by atoms with Gasteiger partial charge in [-0.3, -0.25) is 4.99 Å². The molecule has 2 heteroatoms. The highest BCUT2D eigenvalue weighted by Gasteiger charge is 2.06. The molecule has 2 rings (SSSR count). The van der Waals surface area contributed by atoms with E-state index in [1.54, 1.807) is 0 Å². The number of aliphatic imine (C=N–C) groups is 1. The van der Waals surface area contributed by atoms with Gasteiger partial charge < -0.3 is 0 Å². The molecule has 1 nitrogen and oxygen atoms in total. The second-order valence-electron chi connectivity index (χ2n) is 2.92. The van der Waals surface area contributed by atoms with Crippen molar-refractivity contribution in [1.82, 2.24) is 0 Å². The van der Waals surface area contributed by atoms with Crippen LogP contribution in [0.2, 0.25) is 0 Å². The standard InChI is InChI=1S/C10H9NS/c1-7(12)9-3-2-8-4-5-11-10(8)6-9/h2-3,5-6H,4H2,1H3. The van der Waals surface area contributed by atoms with Crippen molar-refractivity contribution < 1.29 is 0 Å². The predicted octanol–water partition coefficient (Wildman–Crippen LogP) is 2.68. The average molecular weight is 175 g/mol. The number of rotatable bonds is 1. The van der Waals surface area contributed by atoms with Crippen molar-refractivity contribution in [3.63, 3.8) is 0 Å². The van der Waals surface area contributed by atoms with Crippen LogP contribution in [0.15, 0.2) is 23.2 Å². The fourth-order valence-corrected chi connectivity index (χ4v) is 1.44. The Kier molecular flexibility index (Phi) is 1.77. The lowest BCUT2D eigenvalue weighted by Crippen LogP contribution is -1.89. The molecule has 0 aromatic heterocycles. The molecule has 0 N–H and O–H groups in total. The number of fused-ring (bicyclic) bond motifs is 1. The molecule has 0 atom stereocenters. The third-order valence-corrected chi connectivity index (χ3v) is 2.27. The highest BCUT2D eigenvalue weighted by molar-refractivity contribution is 7.80. The van der Waals surface area contributed by atoms with Gasteiger partial charge in [0.1, 0.15) is 0 Å². The summed E-state index contributed by atoms with van der Waals surface area (Å²) in [5, 5.41) is 0. The van der Waals surface area contributed by atoms with E-state index in [1.807, 2.05) is 13.1 Å². The lowest BCUT2D eigenvalue weighted by Gasteiger charge is -2.00. The average Bonchev–Trinajstić information content (AvgIpc) is 2.49. The van der Waals surface area contributed by atoms with E-state index in [0.717, 1.165) is 22.5 Å². The number of nitrogens with zero attached hydrogens (tertiary/aromatic N) is 1. The first-order chi connectivity index (χ1) is 5.77. The van der Waals surface area contributed by atoms with Crippen molar-refractivity contribution in [2.75, 3.05) is 0 Å². The van der Waals surface area contributed by atoms with E-state index in [9.17, 15) is 0 Å². The summed E-state index contributed by atoms with van der Waals surface area (Å²) in [6, 6.07) is 6.23. The molecule has 0 unspecified atom stereocenters. The van der Waals surface area contributed by atoms with Gasteiger partial charge in [-0.15, -0.1) is 0 Å². The van der Waals surface area contributed by atoms with Crippen LogP contribution in [0.1, 0.15) is 18.1 Å². The molecule has 0 fully saturated rings. The summed E-state index contributed by atoms with van der Waals surface area (Å²) in [6.45, 7) is 1.94. The van der Waals surface area contributed by atoms with E-state index < -0.39 is 0 Å². The molecule has 1 aromatic carbocycles. The molecule has 0 aliphatic carbocycles. The summed E-state index contributed by atoms with van der Waals surface area (Å²) in [4.78, 5) is 5.19. The number of thiocarbonyl (C=S) groups is 1. The highest BCUT2D eigenvalue weighted by atomic mass is 32.1. The fraction of sp³-hybridized carbons (Fsp3) is 0.200. The van der Waals surface area contributed by atoms with Gasteiger partial charge in [-0.25, -0.2) is 0 Å². The highest BCUT2D eigenvalue weighted by Crippen LogP contribution is 2.25. The van der Waals surface area contributed by atoms with Crippen molar-refractivity contribution in [1.29, 1.82) is 0 Å². The van der Waals surface area contributed by atoms with Crippen LogP contribution >= 0.6 is 12.2 Å². The molecular weight excluding hydrogens is 166 g/mol. The van der Waals surface area contributed by atoms with Gasteiger partial charge in [0.25, 0.3) is 0 Å². The molecule has 0 radical (unpaired) electrons. The van der Waals surface area contributed by atoms with Crippen LogP contribution in [0.4, 0.5) is 5.69 Å². The number of hydrogen-bond acceptors (Lipinski definition) is 2. The Morgan fingerprint density at radius 1 is 1.50 bits per heavy atom. The van der Waals surface area contributed by atoms with Crippen LogP contribution in [0.25, 0.3) is 0 Å². The monoisotopic (exact) mass is 175 g/mol. The Labute approximate surface area is 77.1 Å². The Balaban J connectivity index is 2.51. The van der Waals surface area contributed by atoms with E-state index in [4.69, 9.17) is 12.2 Å². The summed E-state index contributed by atoms with van der Waals surface area (Å²) in [6.07, 6.45) is 2.90.